The molecule has 272 valence electrons. The lowest BCUT2D eigenvalue weighted by Crippen LogP contribution is -2.62. The first kappa shape index (κ1) is 39.6. The average molecular weight is 717 g/mol. The van der Waals surface area contributed by atoms with Crippen molar-refractivity contribution in [1.82, 2.24) is 9.80 Å². The van der Waals surface area contributed by atoms with Crippen LogP contribution in [0.3, 0.4) is 0 Å². The molecule has 0 fully saturated rings. The van der Waals surface area contributed by atoms with Gasteiger partial charge in [-0.15, -0.1) is 10.2 Å². The minimum absolute atomic E-state index is 0.0105. The van der Waals surface area contributed by atoms with Gasteiger partial charge in [-0.1, -0.05) is 0 Å². The molecule has 0 radical (unpaired) electrons. The van der Waals surface area contributed by atoms with Crippen molar-refractivity contribution in [3.8, 4) is 12.1 Å². The Morgan fingerprint density at radius 1 is 0.596 bits per heavy atom. The summed E-state index contributed by atoms with van der Waals surface area (Å²) in [6.07, 6.45) is -0.847. The van der Waals surface area contributed by atoms with Gasteiger partial charge in [-0.05, 0) is 48.5 Å². The number of hydrogen-bond acceptors (Lipinski definition) is 18. The molecule has 2 heterocycles. The quantitative estimate of drug-likeness (QED) is 0.249. The van der Waals surface area contributed by atoms with Gasteiger partial charge in [0.2, 0.25) is 11.3 Å². The Bertz CT molecular complexity index is 1760. The van der Waals surface area contributed by atoms with Crippen LogP contribution in [-0.2, 0) is 47.7 Å². The lowest BCUT2D eigenvalue weighted by atomic mass is 10.0. The molecule has 0 spiro atoms. The van der Waals surface area contributed by atoms with Crippen molar-refractivity contribution < 1.29 is 47.7 Å². The number of anilines is 2. The van der Waals surface area contributed by atoms with Gasteiger partial charge in [-0.2, -0.15) is 10.5 Å². The monoisotopic (exact) mass is 716 g/mol. The molecule has 2 aliphatic rings. The van der Waals surface area contributed by atoms with Crippen molar-refractivity contribution in [2.45, 2.75) is 38.0 Å². The number of Topliss-reactive ketones (excluding diaryl/α,β-unsaturated/α-hetero) is 2. The summed E-state index contributed by atoms with van der Waals surface area (Å²) in [5, 5.41) is 28.9. The molecule has 2 aliphatic heterocycles. The smallest absolute Gasteiger partial charge is 0.355 e. The molecule has 2 atom stereocenters. The summed E-state index contributed by atoms with van der Waals surface area (Å²) in [4.78, 5) is 76.1. The lowest BCUT2D eigenvalue weighted by molar-refractivity contribution is -0.158. The normalized spacial score (nSPS) is 18.8. The molecule has 2 aromatic rings. The van der Waals surface area contributed by atoms with E-state index in [4.69, 9.17) is 29.5 Å². The van der Waals surface area contributed by atoms with Crippen LogP contribution in [0.4, 0.5) is 11.4 Å². The molecule has 2 aromatic carbocycles. The van der Waals surface area contributed by atoms with Crippen LogP contribution in [0, 0.1) is 22.7 Å². The SMILES string of the molecule is COC(=O)C[C@@]1(C(=O)OC)N(C)C(C(C)=O)=NN1c1ccc(C#N)cc1.COC(=O)C[C@@]1(C(=O)OC)N(C)C(C(C)=O)=NN1c1ccc(C#N)cc1. The molecule has 0 saturated heterocycles. The highest BCUT2D eigenvalue weighted by Gasteiger charge is 2.58. The van der Waals surface area contributed by atoms with Crippen LogP contribution in [0.25, 0.3) is 0 Å². The molecule has 18 heteroatoms. The van der Waals surface area contributed by atoms with E-state index in [-0.39, 0.29) is 23.2 Å². The third-order valence-corrected chi connectivity index (χ3v) is 8.21. The largest absolute Gasteiger partial charge is 0.469 e. The van der Waals surface area contributed by atoms with Gasteiger partial charge in [-0.3, -0.25) is 19.2 Å². The van der Waals surface area contributed by atoms with Gasteiger partial charge >= 0.3 is 23.9 Å². The number of hydrogen-bond donors (Lipinski definition) is 0. The van der Waals surface area contributed by atoms with Crippen LogP contribution < -0.4 is 10.0 Å². The third kappa shape index (κ3) is 7.22. The van der Waals surface area contributed by atoms with E-state index in [0.29, 0.717) is 22.5 Å². The number of methoxy groups -OCH3 is 4. The number of amidine groups is 2. The Morgan fingerprint density at radius 2 is 0.904 bits per heavy atom. The summed E-state index contributed by atoms with van der Waals surface area (Å²) < 4.78 is 19.3. The Labute approximate surface area is 298 Å². The predicted octanol–water partition coefficient (Wildman–Crippen LogP) is 1.29. The molecule has 0 amide bonds. The zero-order valence-corrected chi connectivity index (χ0v) is 29.7. The highest BCUT2D eigenvalue weighted by molar-refractivity contribution is 6.40. The Balaban J connectivity index is 0.000000280. The van der Waals surface area contributed by atoms with E-state index in [1.54, 1.807) is 24.3 Å². The number of ether oxygens (including phenoxy) is 4. The number of rotatable bonds is 10. The number of likely N-dealkylation sites (N-methyl/N-ethyl adjacent to an activating group) is 2. The van der Waals surface area contributed by atoms with Gasteiger partial charge in [0.05, 0.1) is 63.1 Å². The minimum Gasteiger partial charge on any atom is -0.469 e. The highest BCUT2D eigenvalue weighted by atomic mass is 16.5. The summed E-state index contributed by atoms with van der Waals surface area (Å²) >= 11 is 0. The molecule has 18 nitrogen and oxygen atoms in total. The van der Waals surface area contributed by atoms with Crippen molar-refractivity contribution in [2.75, 3.05) is 52.6 Å². The van der Waals surface area contributed by atoms with E-state index >= 15 is 0 Å². The predicted molar refractivity (Wildman–Crippen MR) is 182 cm³/mol. The first-order chi connectivity index (χ1) is 24.6. The summed E-state index contributed by atoms with van der Waals surface area (Å²) in [7, 11) is 7.70. The zero-order valence-electron chi connectivity index (χ0n) is 29.7. The highest BCUT2D eigenvalue weighted by Crippen LogP contribution is 2.38. The van der Waals surface area contributed by atoms with Crippen LogP contribution in [0.1, 0.15) is 37.8 Å². The van der Waals surface area contributed by atoms with Gasteiger partial charge in [0.25, 0.3) is 0 Å². The number of ketones is 2. The topological polar surface area (TPSA) is 225 Å². The second-order valence-electron chi connectivity index (χ2n) is 11.1. The molecular weight excluding hydrogens is 680 g/mol. The van der Waals surface area contributed by atoms with Crippen LogP contribution in [0.2, 0.25) is 0 Å². The fourth-order valence-electron chi connectivity index (χ4n) is 5.49. The summed E-state index contributed by atoms with van der Waals surface area (Å²) in [6.45, 7) is 2.61. The number of carbonyl (C=O) groups is 6. The standard InChI is InChI=1S/2C17H18N4O5/c2*1-11(22)15-19-21(13-7-5-12(10-18)6-8-13)17(20(15)2,16(24)26-4)9-14(23)25-3/h2*5-8H,9H2,1-4H3/t2*17-/m11/s1. The maximum Gasteiger partial charge on any atom is 0.355 e. The fourth-order valence-corrected chi connectivity index (χ4v) is 5.49. The van der Waals surface area contributed by atoms with E-state index in [0.717, 1.165) is 0 Å². The molecule has 52 heavy (non-hydrogen) atoms. The summed E-state index contributed by atoms with van der Waals surface area (Å²) in [5.41, 5.74) is -1.82. The first-order valence-corrected chi connectivity index (χ1v) is 15.2. The molecule has 0 aliphatic carbocycles. The Kier molecular flexibility index (Phi) is 12.4. The lowest BCUT2D eigenvalue weighted by Gasteiger charge is -2.39. The molecule has 0 unspecified atom stereocenters. The number of benzene rings is 2. The Hall–Kier alpha value is -6.82. The van der Waals surface area contributed by atoms with Gasteiger partial charge < -0.3 is 28.7 Å². The number of hydrazone groups is 2. The van der Waals surface area contributed by atoms with Crippen LogP contribution in [-0.4, -0.2) is 111 Å². The first-order valence-electron chi connectivity index (χ1n) is 15.2. The Morgan fingerprint density at radius 3 is 1.13 bits per heavy atom. The van der Waals surface area contributed by atoms with Gasteiger partial charge in [-0.25, -0.2) is 19.6 Å². The molecule has 0 aromatic heterocycles. The zero-order chi connectivity index (χ0) is 39.0. The van der Waals surface area contributed by atoms with Crippen molar-refractivity contribution in [1.29, 1.82) is 10.5 Å². The summed E-state index contributed by atoms with van der Waals surface area (Å²) in [5.74, 6) is -3.72. The molecular formula is C34H36N8O10. The van der Waals surface area contributed by atoms with E-state index in [1.807, 2.05) is 12.1 Å². The van der Waals surface area contributed by atoms with Crippen molar-refractivity contribution in [3.63, 3.8) is 0 Å². The second kappa shape index (κ2) is 16.3. The average Bonchev–Trinajstić information content (AvgIpc) is 3.62. The van der Waals surface area contributed by atoms with E-state index < -0.39 is 48.0 Å². The third-order valence-electron chi connectivity index (χ3n) is 8.21. The molecule has 4 rings (SSSR count). The van der Waals surface area contributed by atoms with Crippen molar-refractivity contribution >= 4 is 58.5 Å². The number of nitrogens with zero attached hydrogens (tertiary/aromatic N) is 8. The van der Waals surface area contributed by atoms with E-state index in [9.17, 15) is 28.8 Å². The molecule has 0 saturated carbocycles. The second-order valence-corrected chi connectivity index (χ2v) is 11.1. The maximum atomic E-state index is 12.7. The number of nitriles is 2. The van der Waals surface area contributed by atoms with Crippen molar-refractivity contribution in [2.24, 2.45) is 10.2 Å². The number of carbonyl (C=O) groups excluding carboxylic acids is 6. The van der Waals surface area contributed by atoms with Gasteiger partial charge in [0.15, 0.2) is 23.2 Å². The van der Waals surface area contributed by atoms with Gasteiger partial charge in [0.1, 0.15) is 12.8 Å². The summed E-state index contributed by atoms with van der Waals surface area (Å²) in [6, 6.07) is 16.4. The van der Waals surface area contributed by atoms with Crippen molar-refractivity contribution in [3.05, 3.63) is 59.7 Å². The minimum atomic E-state index is -1.73. The fraction of sp³-hybridized carbons (Fsp3) is 0.353. The van der Waals surface area contributed by atoms with Crippen LogP contribution in [0.15, 0.2) is 58.7 Å². The maximum absolute atomic E-state index is 12.7. The molecule has 0 N–H and O–H groups in total. The number of esters is 4. The van der Waals surface area contributed by atoms with E-state index in [2.05, 4.69) is 10.2 Å². The van der Waals surface area contributed by atoms with E-state index in [1.165, 1.54) is 100 Å². The van der Waals surface area contributed by atoms with Crippen LogP contribution in [0.5, 0.6) is 0 Å². The van der Waals surface area contributed by atoms with Gasteiger partial charge in [0, 0.05) is 27.9 Å². The van der Waals surface area contributed by atoms with Crippen LogP contribution >= 0.6 is 0 Å². The molecule has 0 bridgehead atoms.